The molecule has 4 unspecified atom stereocenters. The van der Waals surface area contributed by atoms with Crippen LogP contribution >= 0.6 is 0 Å². The van der Waals surface area contributed by atoms with Crippen LogP contribution in [0.1, 0.15) is 67.2 Å². The van der Waals surface area contributed by atoms with Crippen molar-refractivity contribution in [1.82, 2.24) is 5.32 Å². The SMILES string of the molecule is CCCNC(CCC)C(CC)S(=O)C(C)C(C)C. The molecule has 0 amide bonds. The molecule has 0 heterocycles. The van der Waals surface area contributed by atoms with E-state index >= 15 is 0 Å². The summed E-state index contributed by atoms with van der Waals surface area (Å²) < 4.78 is 12.7. The van der Waals surface area contributed by atoms with E-state index in [1.807, 2.05) is 0 Å². The van der Waals surface area contributed by atoms with E-state index in [2.05, 4.69) is 46.9 Å². The Morgan fingerprint density at radius 3 is 2.06 bits per heavy atom. The van der Waals surface area contributed by atoms with Gasteiger partial charge in [-0.05, 0) is 31.7 Å². The van der Waals surface area contributed by atoms with E-state index in [9.17, 15) is 4.21 Å². The molecule has 4 atom stereocenters. The fourth-order valence-corrected chi connectivity index (χ4v) is 4.19. The Morgan fingerprint density at radius 1 is 1.06 bits per heavy atom. The van der Waals surface area contributed by atoms with Crippen molar-refractivity contribution in [2.24, 2.45) is 5.92 Å². The van der Waals surface area contributed by atoms with Crippen molar-refractivity contribution < 1.29 is 4.21 Å². The molecule has 0 saturated carbocycles. The summed E-state index contributed by atoms with van der Waals surface area (Å²) in [4.78, 5) is 0. The summed E-state index contributed by atoms with van der Waals surface area (Å²) in [5.41, 5.74) is 0. The van der Waals surface area contributed by atoms with Gasteiger partial charge in [-0.3, -0.25) is 4.21 Å². The van der Waals surface area contributed by atoms with Gasteiger partial charge in [0.2, 0.25) is 0 Å². The van der Waals surface area contributed by atoms with Gasteiger partial charge in [0, 0.05) is 22.1 Å². The molecule has 1 N–H and O–H groups in total. The quantitative estimate of drug-likeness (QED) is 0.658. The lowest BCUT2D eigenvalue weighted by Gasteiger charge is -2.30. The minimum Gasteiger partial charge on any atom is -0.313 e. The molecule has 0 aliphatic carbocycles. The maximum Gasteiger partial charge on any atom is 0.0501 e. The first-order chi connectivity index (χ1) is 8.49. The monoisotopic (exact) mass is 275 g/mol. The zero-order valence-corrected chi connectivity index (χ0v) is 14.0. The lowest BCUT2D eigenvalue weighted by molar-refractivity contribution is 0.443. The Labute approximate surface area is 117 Å². The Balaban J connectivity index is 4.70. The predicted molar refractivity (Wildman–Crippen MR) is 83.5 cm³/mol. The normalized spacial score (nSPS) is 18.6. The predicted octanol–water partition coefficient (Wildman–Crippen LogP) is 3.73. The molecule has 110 valence electrons. The van der Waals surface area contributed by atoms with Crippen LogP contribution in [0.4, 0.5) is 0 Å². The van der Waals surface area contributed by atoms with Crippen LogP contribution in [0.2, 0.25) is 0 Å². The maximum absolute atomic E-state index is 12.7. The van der Waals surface area contributed by atoms with E-state index in [-0.39, 0.29) is 5.25 Å². The summed E-state index contributed by atoms with van der Waals surface area (Å²) in [7, 11) is -0.730. The van der Waals surface area contributed by atoms with Crippen molar-refractivity contribution in [2.75, 3.05) is 6.54 Å². The fraction of sp³-hybridized carbons (Fsp3) is 1.00. The number of nitrogens with one attached hydrogen (secondary N) is 1. The molecule has 0 fully saturated rings. The first kappa shape index (κ1) is 18.1. The van der Waals surface area contributed by atoms with Gasteiger partial charge in [-0.25, -0.2) is 0 Å². The highest BCUT2D eigenvalue weighted by Crippen LogP contribution is 2.20. The molecule has 0 aromatic heterocycles. The molecule has 3 heteroatoms. The van der Waals surface area contributed by atoms with Crippen molar-refractivity contribution in [3.63, 3.8) is 0 Å². The average Bonchev–Trinajstić information content (AvgIpc) is 2.35. The molecule has 0 radical (unpaired) electrons. The molecule has 0 aliphatic rings. The second-order valence-electron chi connectivity index (χ2n) is 5.57. The van der Waals surface area contributed by atoms with Crippen molar-refractivity contribution in [3.05, 3.63) is 0 Å². The van der Waals surface area contributed by atoms with Crippen molar-refractivity contribution in [1.29, 1.82) is 0 Å². The summed E-state index contributed by atoms with van der Waals surface area (Å²) in [6.07, 6.45) is 4.44. The molecule has 0 aromatic rings. The van der Waals surface area contributed by atoms with Crippen molar-refractivity contribution in [2.45, 2.75) is 83.8 Å². The molecule has 0 spiro atoms. The summed E-state index contributed by atoms with van der Waals surface area (Å²) in [6.45, 7) is 14.1. The summed E-state index contributed by atoms with van der Waals surface area (Å²) >= 11 is 0. The van der Waals surface area contributed by atoms with Gasteiger partial charge in [-0.1, -0.05) is 48.0 Å². The van der Waals surface area contributed by atoms with Crippen molar-refractivity contribution >= 4 is 10.8 Å². The zero-order valence-electron chi connectivity index (χ0n) is 13.2. The highest BCUT2D eigenvalue weighted by atomic mass is 32.2. The van der Waals surface area contributed by atoms with Crippen LogP contribution in [0.25, 0.3) is 0 Å². The summed E-state index contributed by atoms with van der Waals surface area (Å²) in [5, 5.41) is 4.19. The van der Waals surface area contributed by atoms with E-state index in [0.717, 1.165) is 32.2 Å². The largest absolute Gasteiger partial charge is 0.313 e. The second kappa shape index (κ2) is 9.96. The maximum atomic E-state index is 12.7. The Kier molecular flexibility index (Phi) is 10.0. The van der Waals surface area contributed by atoms with Crippen LogP contribution in [0.5, 0.6) is 0 Å². The smallest absolute Gasteiger partial charge is 0.0501 e. The number of rotatable bonds is 10. The first-order valence-electron chi connectivity index (χ1n) is 7.62. The lowest BCUT2D eigenvalue weighted by atomic mass is 10.1. The third-order valence-corrected chi connectivity index (χ3v) is 6.25. The van der Waals surface area contributed by atoms with Gasteiger partial charge in [0.25, 0.3) is 0 Å². The third-order valence-electron chi connectivity index (χ3n) is 3.71. The highest BCUT2D eigenvalue weighted by Gasteiger charge is 2.28. The van der Waals surface area contributed by atoms with Gasteiger partial charge < -0.3 is 5.32 Å². The van der Waals surface area contributed by atoms with Crippen LogP contribution in [0, 0.1) is 5.92 Å². The van der Waals surface area contributed by atoms with E-state index < -0.39 is 10.8 Å². The van der Waals surface area contributed by atoms with E-state index in [1.165, 1.54) is 0 Å². The van der Waals surface area contributed by atoms with E-state index in [4.69, 9.17) is 0 Å². The minimum atomic E-state index is -0.730. The van der Waals surface area contributed by atoms with Gasteiger partial charge in [0.15, 0.2) is 0 Å². The fourth-order valence-electron chi connectivity index (χ4n) is 2.21. The third kappa shape index (κ3) is 5.83. The summed E-state index contributed by atoms with van der Waals surface area (Å²) in [6, 6.07) is 0.419. The molecule has 0 aliphatic heterocycles. The number of hydrogen-bond donors (Lipinski definition) is 1. The molecular weight excluding hydrogens is 242 g/mol. The second-order valence-corrected chi connectivity index (χ2v) is 7.58. The van der Waals surface area contributed by atoms with Crippen LogP contribution in [-0.4, -0.2) is 27.3 Å². The molecule has 0 rings (SSSR count). The minimum absolute atomic E-state index is 0.290. The van der Waals surface area contributed by atoms with Crippen LogP contribution in [0.3, 0.4) is 0 Å². The lowest BCUT2D eigenvalue weighted by Crippen LogP contribution is -2.45. The molecule has 18 heavy (non-hydrogen) atoms. The number of hydrogen-bond acceptors (Lipinski definition) is 2. The van der Waals surface area contributed by atoms with Gasteiger partial charge in [0.1, 0.15) is 0 Å². The first-order valence-corrected chi connectivity index (χ1v) is 8.89. The van der Waals surface area contributed by atoms with Gasteiger partial charge in [-0.15, -0.1) is 0 Å². The molecule has 0 saturated heterocycles. The van der Waals surface area contributed by atoms with Crippen LogP contribution in [0.15, 0.2) is 0 Å². The van der Waals surface area contributed by atoms with E-state index in [0.29, 0.717) is 17.2 Å². The van der Waals surface area contributed by atoms with Gasteiger partial charge in [0.05, 0.1) is 5.25 Å². The Hall–Kier alpha value is 0.110. The average molecular weight is 276 g/mol. The zero-order chi connectivity index (χ0) is 14.1. The van der Waals surface area contributed by atoms with Gasteiger partial charge >= 0.3 is 0 Å². The van der Waals surface area contributed by atoms with Gasteiger partial charge in [-0.2, -0.15) is 0 Å². The highest BCUT2D eigenvalue weighted by molar-refractivity contribution is 7.86. The van der Waals surface area contributed by atoms with Crippen LogP contribution in [-0.2, 0) is 10.8 Å². The molecule has 0 aromatic carbocycles. The molecule has 2 nitrogen and oxygen atoms in total. The topological polar surface area (TPSA) is 29.1 Å². The Morgan fingerprint density at radius 2 is 1.67 bits per heavy atom. The van der Waals surface area contributed by atoms with Crippen LogP contribution < -0.4 is 5.32 Å². The Bertz CT molecular complexity index is 231. The van der Waals surface area contributed by atoms with E-state index in [1.54, 1.807) is 0 Å². The molecular formula is C15H33NOS. The standard InChI is InChI=1S/C15H33NOS/c1-7-10-14(16-11-8-2)15(9-3)18(17)13(6)12(4)5/h12-16H,7-11H2,1-6H3. The van der Waals surface area contributed by atoms with Crippen molar-refractivity contribution in [3.8, 4) is 0 Å². The molecule has 0 bridgehead atoms. The summed E-state index contributed by atoms with van der Waals surface area (Å²) in [5.74, 6) is 0.494.